The second-order valence-electron chi connectivity index (χ2n) is 7.96. The molecule has 11 heteroatoms. The number of thiol groups is 1. The highest BCUT2D eigenvalue weighted by Crippen LogP contribution is 2.36. The average Bonchev–Trinajstić information content (AvgIpc) is 3.56. The molecule has 1 aliphatic rings. The molecule has 2 N–H and O–H groups in total. The summed E-state index contributed by atoms with van der Waals surface area (Å²) in [6, 6.07) is 13.2. The first-order valence-electron chi connectivity index (χ1n) is 10.5. The van der Waals surface area contributed by atoms with E-state index in [2.05, 4.69) is 41.6 Å². The minimum absolute atomic E-state index is 0.407. The molecule has 0 saturated heterocycles. The van der Waals surface area contributed by atoms with Gasteiger partial charge in [-0.3, -0.25) is 8.99 Å². The molecule has 0 aliphatic heterocycles. The van der Waals surface area contributed by atoms with E-state index in [0.717, 1.165) is 29.4 Å². The highest BCUT2D eigenvalue weighted by molar-refractivity contribution is 9.10. The number of nitrogens with zero attached hydrogens (tertiary/aromatic N) is 5. The topological polar surface area (TPSA) is 105 Å². The third-order valence-electron chi connectivity index (χ3n) is 5.51. The van der Waals surface area contributed by atoms with Gasteiger partial charge < -0.3 is 10.6 Å². The number of rotatable bonds is 8. The van der Waals surface area contributed by atoms with Crippen LogP contribution in [-0.2, 0) is 17.9 Å². The second-order valence-corrected chi connectivity index (χ2v) is 9.78. The third kappa shape index (κ3) is 4.79. The largest absolute Gasteiger partial charge is 0.337 e. The van der Waals surface area contributed by atoms with Crippen LogP contribution in [0.5, 0.6) is 0 Å². The Morgan fingerprint density at radius 3 is 2.76 bits per heavy atom. The first-order valence-corrected chi connectivity index (χ1v) is 12.4. The zero-order valence-corrected chi connectivity index (χ0v) is 20.3. The highest BCUT2D eigenvalue weighted by Gasteiger charge is 2.27. The van der Waals surface area contributed by atoms with E-state index >= 15 is 0 Å². The Morgan fingerprint density at radius 1 is 1.15 bits per heavy atom. The molecule has 9 nitrogen and oxygen atoms in total. The molecule has 0 unspecified atom stereocenters. The number of hydrogen-bond donors (Lipinski definition) is 3. The maximum atomic E-state index is 12.0. The lowest BCUT2D eigenvalue weighted by molar-refractivity contribution is 0.607. The van der Waals surface area contributed by atoms with Crippen LogP contribution in [-0.4, -0.2) is 34.7 Å². The number of benzene rings is 2. The smallest absolute Gasteiger partial charge is 0.229 e. The molecule has 1 saturated carbocycles. The number of aryl methyl sites for hydroxylation is 1. The molecule has 2 aromatic carbocycles. The first-order chi connectivity index (χ1) is 16.0. The van der Waals surface area contributed by atoms with Gasteiger partial charge in [0.1, 0.15) is 5.82 Å². The van der Waals surface area contributed by atoms with E-state index in [1.54, 1.807) is 16.9 Å². The summed E-state index contributed by atoms with van der Waals surface area (Å²) in [4.78, 5) is 8.96. The monoisotopic (exact) mass is 527 g/mol. The fourth-order valence-electron chi connectivity index (χ4n) is 3.60. The number of nitrogens with one attached hydrogen (secondary N) is 2. The molecule has 1 fully saturated rings. The molecular formula is C22H22BrN7O2S. The molecular weight excluding hydrogens is 506 g/mol. The van der Waals surface area contributed by atoms with Crippen LogP contribution in [0.3, 0.4) is 0 Å². The molecule has 33 heavy (non-hydrogen) atoms. The Bertz CT molecular complexity index is 1390. The molecule has 170 valence electrons. The summed E-state index contributed by atoms with van der Waals surface area (Å²) in [5.41, 5.74) is 3.08. The van der Waals surface area contributed by atoms with E-state index in [9.17, 15) is 8.42 Å². The van der Waals surface area contributed by atoms with Crippen LogP contribution in [0, 0.1) is 5.92 Å². The Kier molecular flexibility index (Phi) is 5.90. The zero-order chi connectivity index (χ0) is 22.9. The van der Waals surface area contributed by atoms with Crippen molar-refractivity contribution in [2.75, 3.05) is 21.5 Å². The van der Waals surface area contributed by atoms with Gasteiger partial charge in [-0.25, -0.2) is 13.4 Å². The molecule has 1 aliphatic carbocycles. The highest BCUT2D eigenvalue weighted by atomic mass is 79.9. The average molecular weight is 528 g/mol. The van der Waals surface area contributed by atoms with Gasteiger partial charge in [-0.1, -0.05) is 12.1 Å². The van der Waals surface area contributed by atoms with Gasteiger partial charge in [-0.15, -0.1) is 0 Å². The van der Waals surface area contributed by atoms with Crippen molar-refractivity contribution < 1.29 is 8.42 Å². The van der Waals surface area contributed by atoms with Crippen LogP contribution >= 0.6 is 15.9 Å². The summed E-state index contributed by atoms with van der Waals surface area (Å²) in [6.07, 6.45) is 5.59. The van der Waals surface area contributed by atoms with Gasteiger partial charge in [0, 0.05) is 30.9 Å². The molecule has 0 spiro atoms. The van der Waals surface area contributed by atoms with Crippen LogP contribution in [0.25, 0.3) is 10.9 Å². The van der Waals surface area contributed by atoms with Crippen molar-refractivity contribution in [3.63, 3.8) is 0 Å². The van der Waals surface area contributed by atoms with Gasteiger partial charge in [0.25, 0.3) is 0 Å². The van der Waals surface area contributed by atoms with Gasteiger partial charge in [0.15, 0.2) is 0 Å². The Hall–Kier alpha value is -3.18. The minimum atomic E-state index is -2.75. The third-order valence-corrected chi connectivity index (χ3v) is 6.86. The van der Waals surface area contributed by atoms with E-state index in [1.807, 2.05) is 49.6 Å². The predicted octanol–water partition coefficient (Wildman–Crippen LogP) is 4.36. The molecule has 2 heterocycles. The van der Waals surface area contributed by atoms with E-state index in [-0.39, 0.29) is 0 Å². The fraction of sp³-hybridized carbons (Fsp3) is 0.227. The fourth-order valence-corrected chi connectivity index (χ4v) is 4.60. The first kappa shape index (κ1) is 21.7. The minimum Gasteiger partial charge on any atom is -0.337 e. The zero-order valence-electron chi connectivity index (χ0n) is 17.8. The van der Waals surface area contributed by atoms with E-state index in [4.69, 9.17) is 0 Å². The van der Waals surface area contributed by atoms with Crippen molar-refractivity contribution in [3.8, 4) is 0 Å². The van der Waals surface area contributed by atoms with Crippen molar-refractivity contribution >= 4 is 66.6 Å². The van der Waals surface area contributed by atoms with Crippen molar-refractivity contribution in [2.45, 2.75) is 12.8 Å². The van der Waals surface area contributed by atoms with Crippen molar-refractivity contribution in [1.82, 2.24) is 19.7 Å². The molecule has 2 aromatic heterocycles. The molecule has 0 bridgehead atoms. The van der Waals surface area contributed by atoms with Gasteiger partial charge in [0.05, 0.1) is 27.6 Å². The van der Waals surface area contributed by atoms with E-state index in [1.165, 1.54) is 4.31 Å². The number of anilines is 5. The van der Waals surface area contributed by atoms with Crippen LogP contribution in [0.1, 0.15) is 12.8 Å². The van der Waals surface area contributed by atoms with Gasteiger partial charge in [-0.05, 0) is 65.0 Å². The van der Waals surface area contributed by atoms with Crippen LogP contribution < -0.4 is 14.9 Å². The van der Waals surface area contributed by atoms with Crippen LogP contribution in [0.4, 0.5) is 28.8 Å². The Morgan fingerprint density at radius 2 is 1.97 bits per heavy atom. The summed E-state index contributed by atoms with van der Waals surface area (Å²) in [5, 5.41) is 11.8. The molecule has 0 atom stereocenters. The quantitative estimate of drug-likeness (QED) is 0.292. The van der Waals surface area contributed by atoms with Crippen LogP contribution in [0.2, 0.25) is 0 Å². The van der Waals surface area contributed by atoms with Gasteiger partial charge in [-0.2, -0.15) is 10.1 Å². The summed E-state index contributed by atoms with van der Waals surface area (Å²) in [6.45, 7) is 0.492. The second kappa shape index (κ2) is 8.99. The molecule has 5 rings (SSSR count). The Labute approximate surface area is 201 Å². The number of halogens is 1. The van der Waals surface area contributed by atoms with Crippen molar-refractivity contribution in [2.24, 2.45) is 13.0 Å². The number of para-hydroxylation sites is 2. The SMILES string of the molecule is Cn1ncc2ccc(Nc3ncc(Br)c(Nc4ccccc4N(CC4CC4)[SH](=O)=O)n3)cc21. The van der Waals surface area contributed by atoms with Gasteiger partial charge in [0.2, 0.25) is 16.8 Å². The van der Waals surface area contributed by atoms with Crippen LogP contribution in [0.15, 0.2) is 59.3 Å². The molecule has 4 aromatic rings. The number of hydrogen-bond acceptors (Lipinski definition) is 7. The normalized spacial score (nSPS) is 13.4. The number of aromatic nitrogens is 4. The lowest BCUT2D eigenvalue weighted by atomic mass is 10.2. The number of fused-ring (bicyclic) bond motifs is 1. The molecule has 0 amide bonds. The Balaban J connectivity index is 1.42. The summed E-state index contributed by atoms with van der Waals surface area (Å²) in [5.74, 6) is 1.35. The van der Waals surface area contributed by atoms with Gasteiger partial charge >= 0.3 is 0 Å². The van der Waals surface area contributed by atoms with E-state index < -0.39 is 10.9 Å². The maximum Gasteiger partial charge on any atom is 0.229 e. The van der Waals surface area contributed by atoms with Crippen molar-refractivity contribution in [1.29, 1.82) is 0 Å². The standard InChI is InChI=1S/C22H22BrN7O2S/c1-29-20-10-16(9-8-15(20)11-25-29)26-22-24-12-17(23)21(28-22)27-18-4-2-3-5-19(18)30(33(31)32)13-14-6-7-14/h2-5,8-12,14,33H,6-7,13H2,1H3,(H2,24,26,27,28). The van der Waals surface area contributed by atoms with E-state index in [0.29, 0.717) is 40.1 Å². The lowest BCUT2D eigenvalue weighted by Gasteiger charge is -2.21. The maximum absolute atomic E-state index is 12.0. The summed E-state index contributed by atoms with van der Waals surface area (Å²) < 4.78 is 27.8. The van der Waals surface area contributed by atoms with Crippen molar-refractivity contribution in [3.05, 3.63) is 59.3 Å². The summed E-state index contributed by atoms with van der Waals surface area (Å²) in [7, 11) is -0.862. The summed E-state index contributed by atoms with van der Waals surface area (Å²) >= 11 is 3.49. The molecule has 0 radical (unpaired) electrons. The lowest BCUT2D eigenvalue weighted by Crippen LogP contribution is -2.24. The predicted molar refractivity (Wildman–Crippen MR) is 134 cm³/mol.